The number of benzene rings is 1. The summed E-state index contributed by atoms with van der Waals surface area (Å²) in [7, 11) is 0. The molecule has 1 saturated heterocycles. The van der Waals surface area contributed by atoms with E-state index in [0.29, 0.717) is 18.3 Å². The second-order valence-corrected chi connectivity index (χ2v) is 3.76. The molecule has 3 rings (SSSR count). The zero-order chi connectivity index (χ0) is 8.84. The quantitative estimate of drug-likeness (QED) is 0.606. The lowest BCUT2D eigenvalue weighted by molar-refractivity contribution is -0.141. The predicted octanol–water partition coefficient (Wildman–Crippen LogP) is 1.72. The Morgan fingerprint density at radius 1 is 1.23 bits per heavy atom. The molecule has 13 heavy (non-hydrogen) atoms. The first kappa shape index (κ1) is 7.13. The minimum atomic E-state index is -0.0258. The molecule has 1 saturated carbocycles. The second-order valence-electron chi connectivity index (χ2n) is 3.76. The molecule has 1 aromatic rings. The summed E-state index contributed by atoms with van der Waals surface area (Å²) in [6, 6.07) is 10.3. The van der Waals surface area contributed by atoms with Crippen molar-refractivity contribution in [2.24, 2.45) is 5.92 Å². The topological polar surface area (TPSA) is 26.3 Å². The SMILES string of the molecule is O=C1CC2C(O1)C2c1ccccc1. The molecule has 66 valence electrons. The largest absolute Gasteiger partial charge is 0.461 e. The molecule has 2 nitrogen and oxygen atoms in total. The lowest BCUT2D eigenvalue weighted by atomic mass is 10.1. The van der Waals surface area contributed by atoms with Crippen LogP contribution in [0.3, 0.4) is 0 Å². The summed E-state index contributed by atoms with van der Waals surface area (Å²) in [4.78, 5) is 10.8. The Labute approximate surface area is 76.5 Å². The summed E-state index contributed by atoms with van der Waals surface area (Å²) in [6.45, 7) is 0. The van der Waals surface area contributed by atoms with Gasteiger partial charge < -0.3 is 4.74 Å². The van der Waals surface area contributed by atoms with Crippen LogP contribution in [-0.4, -0.2) is 12.1 Å². The van der Waals surface area contributed by atoms with Crippen LogP contribution in [0.2, 0.25) is 0 Å². The molecular weight excluding hydrogens is 164 g/mol. The lowest BCUT2D eigenvalue weighted by Gasteiger charge is -2.02. The highest BCUT2D eigenvalue weighted by atomic mass is 16.6. The molecule has 1 aromatic carbocycles. The summed E-state index contributed by atoms with van der Waals surface area (Å²) >= 11 is 0. The van der Waals surface area contributed by atoms with Crippen molar-refractivity contribution in [2.45, 2.75) is 18.4 Å². The van der Waals surface area contributed by atoms with Crippen molar-refractivity contribution in [1.29, 1.82) is 0 Å². The number of hydrogen-bond donors (Lipinski definition) is 0. The fourth-order valence-corrected chi connectivity index (χ4v) is 2.25. The molecule has 0 aromatic heterocycles. The molecule has 2 aliphatic rings. The Morgan fingerprint density at radius 3 is 2.62 bits per heavy atom. The van der Waals surface area contributed by atoms with E-state index in [0.717, 1.165) is 0 Å². The third-order valence-electron chi connectivity index (χ3n) is 2.95. The van der Waals surface area contributed by atoms with Crippen LogP contribution in [0.15, 0.2) is 30.3 Å². The molecule has 0 amide bonds. The Kier molecular flexibility index (Phi) is 1.29. The zero-order valence-electron chi connectivity index (χ0n) is 7.14. The van der Waals surface area contributed by atoms with Gasteiger partial charge in [0.25, 0.3) is 0 Å². The van der Waals surface area contributed by atoms with Crippen LogP contribution in [0, 0.1) is 5.92 Å². The predicted molar refractivity (Wildman–Crippen MR) is 47.2 cm³/mol. The van der Waals surface area contributed by atoms with E-state index >= 15 is 0 Å². The van der Waals surface area contributed by atoms with Crippen LogP contribution in [0.4, 0.5) is 0 Å². The second kappa shape index (κ2) is 2.34. The zero-order valence-corrected chi connectivity index (χ0v) is 7.14. The van der Waals surface area contributed by atoms with Gasteiger partial charge in [0.1, 0.15) is 6.10 Å². The van der Waals surface area contributed by atoms with Gasteiger partial charge in [-0.05, 0) is 5.56 Å². The molecule has 0 bridgehead atoms. The molecular formula is C11H10O2. The lowest BCUT2D eigenvalue weighted by Crippen LogP contribution is -2.02. The van der Waals surface area contributed by atoms with Gasteiger partial charge in [0.15, 0.2) is 0 Å². The summed E-state index contributed by atoms with van der Waals surface area (Å²) in [5.74, 6) is 0.927. The Bertz CT molecular complexity index is 330. The molecule has 3 atom stereocenters. The van der Waals surface area contributed by atoms with Crippen molar-refractivity contribution < 1.29 is 9.53 Å². The molecule has 2 fully saturated rings. The maximum atomic E-state index is 10.8. The van der Waals surface area contributed by atoms with Gasteiger partial charge in [0.05, 0.1) is 6.42 Å². The van der Waals surface area contributed by atoms with Gasteiger partial charge >= 0.3 is 5.97 Å². The summed E-state index contributed by atoms with van der Waals surface area (Å²) in [5, 5.41) is 0. The van der Waals surface area contributed by atoms with E-state index in [2.05, 4.69) is 12.1 Å². The van der Waals surface area contributed by atoms with E-state index in [1.54, 1.807) is 0 Å². The number of esters is 1. The Morgan fingerprint density at radius 2 is 2.00 bits per heavy atom. The van der Waals surface area contributed by atoms with Crippen LogP contribution in [0.25, 0.3) is 0 Å². The van der Waals surface area contributed by atoms with Gasteiger partial charge in [-0.2, -0.15) is 0 Å². The maximum absolute atomic E-state index is 10.8. The average Bonchev–Trinajstić information content (AvgIpc) is 2.66. The first-order valence-electron chi connectivity index (χ1n) is 4.61. The monoisotopic (exact) mass is 174 g/mol. The fourth-order valence-electron chi connectivity index (χ4n) is 2.25. The maximum Gasteiger partial charge on any atom is 0.306 e. The normalized spacial score (nSPS) is 35.4. The first-order chi connectivity index (χ1) is 6.36. The summed E-state index contributed by atoms with van der Waals surface area (Å²) < 4.78 is 5.16. The third kappa shape index (κ3) is 0.981. The van der Waals surface area contributed by atoms with Gasteiger partial charge in [0.2, 0.25) is 0 Å². The highest BCUT2D eigenvalue weighted by Gasteiger charge is 2.59. The first-order valence-corrected chi connectivity index (χ1v) is 4.61. The summed E-state index contributed by atoms with van der Waals surface area (Å²) in [5.41, 5.74) is 1.31. The van der Waals surface area contributed by atoms with Crippen molar-refractivity contribution in [3.63, 3.8) is 0 Å². The smallest absolute Gasteiger partial charge is 0.306 e. The standard InChI is InChI=1S/C11H10O2/c12-9-6-8-10(11(8)13-9)7-4-2-1-3-5-7/h1-5,8,10-11H,6H2. The Balaban J connectivity index is 1.82. The van der Waals surface area contributed by atoms with E-state index in [-0.39, 0.29) is 12.1 Å². The van der Waals surface area contributed by atoms with E-state index in [1.165, 1.54) is 5.56 Å². The van der Waals surface area contributed by atoms with Crippen molar-refractivity contribution in [1.82, 2.24) is 0 Å². The van der Waals surface area contributed by atoms with Crippen molar-refractivity contribution in [3.05, 3.63) is 35.9 Å². The van der Waals surface area contributed by atoms with Gasteiger partial charge in [-0.3, -0.25) is 4.79 Å². The number of carbonyl (C=O) groups is 1. The molecule has 2 heteroatoms. The highest BCUT2D eigenvalue weighted by Crippen LogP contribution is 2.55. The highest BCUT2D eigenvalue weighted by molar-refractivity contribution is 5.74. The van der Waals surface area contributed by atoms with Crippen LogP contribution < -0.4 is 0 Å². The van der Waals surface area contributed by atoms with Gasteiger partial charge in [0, 0.05) is 11.8 Å². The number of hydrogen-bond acceptors (Lipinski definition) is 2. The molecule has 0 radical (unpaired) electrons. The minimum absolute atomic E-state index is 0.0258. The molecule has 0 spiro atoms. The minimum Gasteiger partial charge on any atom is -0.461 e. The molecule has 1 heterocycles. The van der Waals surface area contributed by atoms with Crippen LogP contribution >= 0.6 is 0 Å². The molecule has 1 aliphatic carbocycles. The number of fused-ring (bicyclic) bond motifs is 1. The van der Waals surface area contributed by atoms with E-state index < -0.39 is 0 Å². The van der Waals surface area contributed by atoms with Crippen molar-refractivity contribution in [3.8, 4) is 0 Å². The van der Waals surface area contributed by atoms with Crippen LogP contribution in [0.1, 0.15) is 17.9 Å². The molecule has 3 unspecified atom stereocenters. The third-order valence-corrected chi connectivity index (χ3v) is 2.95. The fraction of sp³-hybridized carbons (Fsp3) is 0.364. The van der Waals surface area contributed by atoms with Gasteiger partial charge in [-0.1, -0.05) is 30.3 Å². The summed E-state index contributed by atoms with van der Waals surface area (Å²) in [6.07, 6.45) is 0.805. The number of ether oxygens (including phenoxy) is 1. The number of rotatable bonds is 1. The molecule has 0 N–H and O–H groups in total. The van der Waals surface area contributed by atoms with E-state index in [1.807, 2.05) is 18.2 Å². The Hall–Kier alpha value is -1.31. The van der Waals surface area contributed by atoms with Crippen molar-refractivity contribution >= 4 is 5.97 Å². The van der Waals surface area contributed by atoms with Crippen LogP contribution in [-0.2, 0) is 9.53 Å². The van der Waals surface area contributed by atoms with Gasteiger partial charge in [-0.25, -0.2) is 0 Å². The van der Waals surface area contributed by atoms with E-state index in [4.69, 9.17) is 4.74 Å². The average molecular weight is 174 g/mol. The number of carbonyl (C=O) groups excluding carboxylic acids is 1. The van der Waals surface area contributed by atoms with Gasteiger partial charge in [-0.15, -0.1) is 0 Å². The van der Waals surface area contributed by atoms with E-state index in [9.17, 15) is 4.79 Å². The van der Waals surface area contributed by atoms with Crippen molar-refractivity contribution in [2.75, 3.05) is 0 Å². The molecule has 1 aliphatic heterocycles. The van der Waals surface area contributed by atoms with Crippen LogP contribution in [0.5, 0.6) is 0 Å².